The lowest BCUT2D eigenvalue weighted by Crippen LogP contribution is -2.47. The number of sulfonamides is 1. The number of hydrogen-bond acceptors (Lipinski definition) is 4. The highest BCUT2D eigenvalue weighted by Gasteiger charge is 2.28. The molecule has 1 fully saturated rings. The summed E-state index contributed by atoms with van der Waals surface area (Å²) in [6.07, 6.45) is 1.91. The van der Waals surface area contributed by atoms with Crippen molar-refractivity contribution in [2.75, 3.05) is 31.0 Å². The number of rotatable bonds is 7. The molecule has 0 N–H and O–H groups in total. The molecule has 7 heteroatoms. The summed E-state index contributed by atoms with van der Waals surface area (Å²) in [7, 11) is -1.85. The van der Waals surface area contributed by atoms with Crippen LogP contribution in [0.4, 0.5) is 5.69 Å². The summed E-state index contributed by atoms with van der Waals surface area (Å²) >= 11 is 0. The SMILES string of the molecule is CCN(c1ccccc1)S(=O)(=O)c1ccc(C(=O)N(C)C2CCN(C(C)C)CC2)cc1. The molecule has 168 valence electrons. The molecule has 31 heavy (non-hydrogen) atoms. The maximum Gasteiger partial charge on any atom is 0.264 e. The molecule has 1 aliphatic heterocycles. The number of benzene rings is 2. The van der Waals surface area contributed by atoms with Crippen LogP contribution in [0, 0.1) is 0 Å². The van der Waals surface area contributed by atoms with Crippen molar-refractivity contribution < 1.29 is 13.2 Å². The molecule has 2 aromatic rings. The van der Waals surface area contributed by atoms with Crippen molar-refractivity contribution in [3.63, 3.8) is 0 Å². The quantitative estimate of drug-likeness (QED) is 0.652. The van der Waals surface area contributed by atoms with Crippen LogP contribution in [0.25, 0.3) is 0 Å². The average Bonchev–Trinajstić information content (AvgIpc) is 2.79. The van der Waals surface area contributed by atoms with Gasteiger partial charge in [-0.2, -0.15) is 0 Å². The molecule has 6 nitrogen and oxygen atoms in total. The minimum absolute atomic E-state index is 0.0673. The van der Waals surface area contributed by atoms with Gasteiger partial charge < -0.3 is 9.80 Å². The van der Waals surface area contributed by atoms with E-state index in [4.69, 9.17) is 0 Å². The summed E-state index contributed by atoms with van der Waals surface area (Å²) in [4.78, 5) is 17.4. The van der Waals surface area contributed by atoms with E-state index >= 15 is 0 Å². The fraction of sp³-hybridized carbons (Fsp3) is 0.458. The minimum Gasteiger partial charge on any atom is -0.339 e. The Morgan fingerprint density at radius 1 is 1.03 bits per heavy atom. The Labute approximate surface area is 186 Å². The molecule has 0 saturated carbocycles. The van der Waals surface area contributed by atoms with Crippen molar-refractivity contribution in [3.8, 4) is 0 Å². The largest absolute Gasteiger partial charge is 0.339 e. The maximum absolute atomic E-state index is 13.1. The van der Waals surface area contributed by atoms with E-state index in [2.05, 4.69) is 18.7 Å². The van der Waals surface area contributed by atoms with E-state index in [9.17, 15) is 13.2 Å². The first kappa shape index (κ1) is 23.3. The molecule has 0 radical (unpaired) electrons. The molecular weight excluding hydrogens is 410 g/mol. The first-order chi connectivity index (χ1) is 14.8. The van der Waals surface area contributed by atoms with E-state index in [0.29, 0.717) is 23.8 Å². The highest BCUT2D eigenvalue weighted by Crippen LogP contribution is 2.24. The van der Waals surface area contributed by atoms with E-state index in [1.54, 1.807) is 24.3 Å². The van der Waals surface area contributed by atoms with Gasteiger partial charge >= 0.3 is 0 Å². The lowest BCUT2D eigenvalue weighted by molar-refractivity contribution is 0.0615. The van der Waals surface area contributed by atoms with Gasteiger partial charge in [0, 0.05) is 44.3 Å². The predicted molar refractivity (Wildman–Crippen MR) is 125 cm³/mol. The Morgan fingerprint density at radius 2 is 1.61 bits per heavy atom. The highest BCUT2D eigenvalue weighted by atomic mass is 32.2. The van der Waals surface area contributed by atoms with Crippen molar-refractivity contribution in [1.82, 2.24) is 9.80 Å². The zero-order valence-corrected chi connectivity index (χ0v) is 19.7. The summed E-state index contributed by atoms with van der Waals surface area (Å²) in [6, 6.07) is 16.1. The molecule has 0 atom stereocenters. The first-order valence-electron chi connectivity index (χ1n) is 10.9. The second-order valence-corrected chi connectivity index (χ2v) is 10.2. The van der Waals surface area contributed by atoms with Gasteiger partial charge in [-0.1, -0.05) is 18.2 Å². The van der Waals surface area contributed by atoms with Crippen molar-refractivity contribution >= 4 is 21.6 Å². The molecule has 0 aliphatic carbocycles. The third-order valence-electron chi connectivity index (χ3n) is 6.12. The Bertz CT molecular complexity index is 967. The maximum atomic E-state index is 13.1. The number of piperidine rings is 1. The molecule has 3 rings (SSSR count). The predicted octanol–water partition coefficient (Wildman–Crippen LogP) is 3.85. The van der Waals surface area contributed by atoms with Crippen LogP contribution in [0.1, 0.15) is 44.0 Å². The van der Waals surface area contributed by atoms with Crippen LogP contribution >= 0.6 is 0 Å². The Morgan fingerprint density at radius 3 is 2.13 bits per heavy atom. The van der Waals surface area contributed by atoms with Gasteiger partial charge in [-0.3, -0.25) is 9.10 Å². The Hall–Kier alpha value is -2.38. The fourth-order valence-corrected chi connectivity index (χ4v) is 5.61. The number of likely N-dealkylation sites (tertiary alicyclic amines) is 1. The Balaban J connectivity index is 1.72. The zero-order chi connectivity index (χ0) is 22.6. The lowest BCUT2D eigenvalue weighted by atomic mass is 10.0. The van der Waals surface area contributed by atoms with E-state index in [-0.39, 0.29) is 16.8 Å². The van der Waals surface area contributed by atoms with E-state index in [1.165, 1.54) is 16.4 Å². The number of para-hydroxylation sites is 1. The van der Waals surface area contributed by atoms with Crippen LogP contribution in [0.15, 0.2) is 59.5 Å². The van der Waals surface area contributed by atoms with Gasteiger partial charge in [0.2, 0.25) is 0 Å². The molecule has 2 aromatic carbocycles. The highest BCUT2D eigenvalue weighted by molar-refractivity contribution is 7.92. The third kappa shape index (κ3) is 5.10. The van der Waals surface area contributed by atoms with Crippen molar-refractivity contribution in [3.05, 3.63) is 60.2 Å². The topological polar surface area (TPSA) is 60.9 Å². The molecule has 1 aliphatic rings. The van der Waals surface area contributed by atoms with E-state index in [1.807, 2.05) is 37.1 Å². The monoisotopic (exact) mass is 443 g/mol. The normalized spacial score (nSPS) is 15.8. The summed E-state index contributed by atoms with van der Waals surface area (Å²) in [6.45, 7) is 8.50. The summed E-state index contributed by atoms with van der Waals surface area (Å²) in [5, 5.41) is 0. The van der Waals surface area contributed by atoms with E-state index < -0.39 is 10.0 Å². The van der Waals surface area contributed by atoms with Crippen LogP contribution in [0.5, 0.6) is 0 Å². The summed E-state index contributed by atoms with van der Waals surface area (Å²) < 4.78 is 27.6. The molecule has 0 bridgehead atoms. The van der Waals surface area contributed by atoms with Gasteiger partial charge in [-0.05, 0) is 70.0 Å². The van der Waals surface area contributed by atoms with Gasteiger partial charge in [0.05, 0.1) is 10.6 Å². The number of hydrogen-bond donors (Lipinski definition) is 0. The van der Waals surface area contributed by atoms with Gasteiger partial charge in [0.1, 0.15) is 0 Å². The van der Waals surface area contributed by atoms with Crippen LogP contribution in [-0.2, 0) is 10.0 Å². The number of anilines is 1. The van der Waals surface area contributed by atoms with Gasteiger partial charge in [-0.15, -0.1) is 0 Å². The lowest BCUT2D eigenvalue weighted by Gasteiger charge is -2.38. The van der Waals surface area contributed by atoms with Gasteiger partial charge in [0.25, 0.3) is 15.9 Å². The van der Waals surface area contributed by atoms with Crippen LogP contribution in [-0.4, -0.2) is 62.9 Å². The molecule has 1 saturated heterocycles. The third-order valence-corrected chi connectivity index (χ3v) is 8.04. The molecule has 0 aromatic heterocycles. The van der Waals surface area contributed by atoms with Crippen molar-refractivity contribution in [1.29, 1.82) is 0 Å². The van der Waals surface area contributed by atoms with Gasteiger partial charge in [0.15, 0.2) is 0 Å². The number of nitrogens with zero attached hydrogens (tertiary/aromatic N) is 3. The number of amides is 1. The minimum atomic E-state index is -3.70. The standard InChI is InChI=1S/C24H33N3O3S/c1-5-27(22-9-7-6-8-10-22)31(29,30)23-13-11-20(12-14-23)24(28)25(4)21-15-17-26(18-16-21)19(2)3/h6-14,19,21H,5,15-18H2,1-4H3. The molecule has 1 heterocycles. The molecular formula is C24H33N3O3S. The molecule has 0 unspecified atom stereocenters. The second-order valence-electron chi connectivity index (χ2n) is 8.31. The summed E-state index contributed by atoms with van der Waals surface area (Å²) in [5.74, 6) is -0.0673. The Kier molecular flexibility index (Phi) is 7.38. The van der Waals surface area contributed by atoms with Crippen LogP contribution in [0.2, 0.25) is 0 Å². The smallest absolute Gasteiger partial charge is 0.264 e. The van der Waals surface area contributed by atoms with Gasteiger partial charge in [-0.25, -0.2) is 8.42 Å². The fourth-order valence-electron chi connectivity index (χ4n) is 4.14. The average molecular weight is 444 g/mol. The number of carbonyl (C=O) groups is 1. The number of carbonyl (C=O) groups excluding carboxylic acids is 1. The zero-order valence-electron chi connectivity index (χ0n) is 18.9. The van der Waals surface area contributed by atoms with Crippen molar-refractivity contribution in [2.24, 2.45) is 0 Å². The molecule has 0 spiro atoms. The van der Waals surface area contributed by atoms with Crippen LogP contribution in [0.3, 0.4) is 0 Å². The molecule has 1 amide bonds. The summed E-state index contributed by atoms with van der Waals surface area (Å²) in [5.41, 5.74) is 1.13. The van der Waals surface area contributed by atoms with Crippen molar-refractivity contribution in [2.45, 2.75) is 50.6 Å². The second kappa shape index (κ2) is 9.83. The van der Waals surface area contributed by atoms with Crippen LogP contribution < -0.4 is 4.31 Å². The van der Waals surface area contributed by atoms with E-state index in [0.717, 1.165) is 25.9 Å². The first-order valence-corrected chi connectivity index (χ1v) is 12.4.